The van der Waals surface area contributed by atoms with Crippen LogP contribution in [0, 0.1) is 61.7 Å². The number of aryl methyl sites for hydroxylation is 4. The molecule has 0 saturated carbocycles. The van der Waals surface area contributed by atoms with Crippen LogP contribution in [0.1, 0.15) is 38.9 Å². The lowest BCUT2D eigenvalue weighted by molar-refractivity contribution is 1.13. The molecule has 2 heterocycles. The second-order valence-electron chi connectivity index (χ2n) is 19.1. The number of benzene rings is 10. The van der Waals surface area contributed by atoms with Crippen LogP contribution in [0.15, 0.2) is 200 Å². The van der Waals surface area contributed by atoms with E-state index >= 15 is 0 Å². The van der Waals surface area contributed by atoms with Crippen molar-refractivity contribution in [1.82, 2.24) is 9.13 Å². The van der Waals surface area contributed by atoms with Gasteiger partial charge in [0.15, 0.2) is 0 Å². The minimum absolute atomic E-state index is 0.362. The molecule has 10 aromatic carbocycles. The van der Waals surface area contributed by atoms with Crippen LogP contribution in [0.25, 0.3) is 111 Å². The molecule has 338 valence electrons. The van der Waals surface area contributed by atoms with Gasteiger partial charge < -0.3 is 9.13 Å². The molecule has 0 spiro atoms. The predicted octanol–water partition coefficient (Wildman–Crippen LogP) is 17.1. The first-order valence-electron chi connectivity index (χ1n) is 24.1. The summed E-state index contributed by atoms with van der Waals surface area (Å²) in [7, 11) is 0. The number of fused-ring (bicyclic) bond motifs is 6. The van der Waals surface area contributed by atoms with Crippen molar-refractivity contribution in [3.05, 3.63) is 239 Å². The number of rotatable bonds is 7. The van der Waals surface area contributed by atoms with Crippen LogP contribution in [0.4, 0.5) is 0 Å². The Morgan fingerprint density at radius 3 is 0.778 bits per heavy atom. The van der Waals surface area contributed by atoms with Crippen molar-refractivity contribution in [3.8, 4) is 85.2 Å². The highest BCUT2D eigenvalue weighted by Crippen LogP contribution is 2.46. The zero-order valence-electron chi connectivity index (χ0n) is 40.3. The summed E-state index contributed by atoms with van der Waals surface area (Å²) in [5.74, 6) is 0. The molecule has 0 bridgehead atoms. The van der Waals surface area contributed by atoms with Crippen molar-refractivity contribution in [2.24, 2.45) is 0 Å². The molecule has 0 N–H and O–H groups in total. The van der Waals surface area contributed by atoms with Crippen molar-refractivity contribution in [3.63, 3.8) is 0 Å². The highest BCUT2D eigenvalue weighted by molar-refractivity contribution is 6.14. The molecule has 5 nitrogen and oxygen atoms in total. The van der Waals surface area contributed by atoms with Crippen molar-refractivity contribution < 1.29 is 0 Å². The Bertz CT molecular complexity index is 3830. The van der Waals surface area contributed by atoms with Crippen LogP contribution < -0.4 is 0 Å². The Morgan fingerprint density at radius 1 is 0.264 bits per heavy atom. The van der Waals surface area contributed by atoms with Crippen molar-refractivity contribution in [2.45, 2.75) is 27.7 Å². The highest BCUT2D eigenvalue weighted by atomic mass is 15.0. The van der Waals surface area contributed by atoms with E-state index in [-0.39, 0.29) is 0 Å². The van der Waals surface area contributed by atoms with Gasteiger partial charge in [-0.3, -0.25) is 0 Å². The molecule has 5 heteroatoms. The summed E-state index contributed by atoms with van der Waals surface area (Å²) >= 11 is 0. The fraction of sp³-hybridized carbons (Fsp3) is 0.0597. The Morgan fingerprint density at radius 2 is 0.514 bits per heavy atom. The van der Waals surface area contributed by atoms with Crippen LogP contribution in [0.2, 0.25) is 0 Å². The number of nitriles is 3. The lowest BCUT2D eigenvalue weighted by Crippen LogP contribution is -2.06. The van der Waals surface area contributed by atoms with Gasteiger partial charge in [0, 0.05) is 27.1 Å². The first kappa shape index (κ1) is 43.5. The quantitative estimate of drug-likeness (QED) is 0.160. The number of hydrogen-bond acceptors (Lipinski definition) is 3. The van der Waals surface area contributed by atoms with Gasteiger partial charge in [0.25, 0.3) is 0 Å². The lowest BCUT2D eigenvalue weighted by atomic mass is 9.95. The molecule has 0 aliphatic heterocycles. The van der Waals surface area contributed by atoms with E-state index in [0.29, 0.717) is 22.3 Å². The van der Waals surface area contributed by atoms with Crippen LogP contribution in [0.3, 0.4) is 0 Å². The van der Waals surface area contributed by atoms with Gasteiger partial charge in [0.2, 0.25) is 0 Å². The zero-order valence-corrected chi connectivity index (χ0v) is 40.3. The van der Waals surface area contributed by atoms with E-state index in [1.807, 2.05) is 24.3 Å². The zero-order chi connectivity index (χ0) is 49.2. The van der Waals surface area contributed by atoms with Gasteiger partial charge in [-0.25, -0.2) is 0 Å². The predicted molar refractivity (Wildman–Crippen MR) is 295 cm³/mol. The Hall–Kier alpha value is -9.73. The summed E-state index contributed by atoms with van der Waals surface area (Å²) in [6.45, 7) is 8.39. The average Bonchev–Trinajstić information content (AvgIpc) is 3.92. The monoisotopic (exact) mass is 919 g/mol. The van der Waals surface area contributed by atoms with E-state index in [9.17, 15) is 15.8 Å². The SMILES string of the molecule is Cc1ccc(-c2ccc3c4ccc(-c5ccc(C)cc5)cc4n(-c4cc(C#N)cc(-n5c6cc(-c7ccc(C)cc7)ccc6c6ccc(-c7ccc(C)cc7)cc65)c4-c4cc(C#N)cc(C#N)c4)c3c2)cc1. The maximum Gasteiger partial charge on any atom is 0.0993 e. The van der Waals surface area contributed by atoms with Gasteiger partial charge in [0.05, 0.1) is 68.3 Å². The number of nitrogens with zero attached hydrogens (tertiary/aromatic N) is 5. The van der Waals surface area contributed by atoms with Gasteiger partial charge in [0.1, 0.15) is 0 Å². The molecular formula is C67H45N5. The second kappa shape index (κ2) is 17.3. The van der Waals surface area contributed by atoms with E-state index in [0.717, 1.165) is 105 Å². The summed E-state index contributed by atoms with van der Waals surface area (Å²) in [4.78, 5) is 0. The van der Waals surface area contributed by atoms with Gasteiger partial charge in [-0.1, -0.05) is 168 Å². The van der Waals surface area contributed by atoms with Gasteiger partial charge in [-0.2, -0.15) is 15.8 Å². The fourth-order valence-electron chi connectivity index (χ4n) is 10.5. The molecule has 0 amide bonds. The van der Waals surface area contributed by atoms with Gasteiger partial charge in [-0.15, -0.1) is 0 Å². The first-order chi connectivity index (χ1) is 35.1. The molecule has 0 unspecified atom stereocenters. The van der Waals surface area contributed by atoms with Gasteiger partial charge >= 0.3 is 0 Å². The summed E-state index contributed by atoms with van der Waals surface area (Å²) < 4.78 is 4.60. The lowest BCUT2D eigenvalue weighted by Gasteiger charge is -2.22. The van der Waals surface area contributed by atoms with Crippen LogP contribution in [-0.2, 0) is 0 Å². The molecule has 0 radical (unpaired) electrons. The van der Waals surface area contributed by atoms with Crippen molar-refractivity contribution >= 4 is 43.6 Å². The Labute approximate surface area is 418 Å². The minimum Gasteiger partial charge on any atom is -0.308 e. The topological polar surface area (TPSA) is 81.2 Å². The summed E-state index contributed by atoms with van der Waals surface area (Å²) in [6.07, 6.45) is 0. The van der Waals surface area contributed by atoms with Crippen molar-refractivity contribution in [2.75, 3.05) is 0 Å². The van der Waals surface area contributed by atoms with E-state index in [1.54, 1.807) is 6.07 Å². The largest absolute Gasteiger partial charge is 0.308 e. The molecule has 72 heavy (non-hydrogen) atoms. The summed E-state index contributed by atoms with van der Waals surface area (Å²) in [5.41, 5.74) is 21.2. The molecular weight excluding hydrogens is 875 g/mol. The summed E-state index contributed by atoms with van der Waals surface area (Å²) in [6, 6.07) is 77.6. The molecule has 0 atom stereocenters. The highest BCUT2D eigenvalue weighted by Gasteiger charge is 2.25. The van der Waals surface area contributed by atoms with E-state index in [4.69, 9.17) is 0 Å². The minimum atomic E-state index is 0.362. The number of aromatic nitrogens is 2. The number of hydrogen-bond donors (Lipinski definition) is 0. The molecule has 2 aromatic heterocycles. The van der Waals surface area contributed by atoms with Crippen molar-refractivity contribution in [1.29, 1.82) is 15.8 Å². The first-order valence-corrected chi connectivity index (χ1v) is 24.1. The summed E-state index contributed by atoms with van der Waals surface area (Å²) in [5, 5.41) is 36.7. The third kappa shape index (κ3) is 7.48. The Balaban J connectivity index is 1.26. The van der Waals surface area contributed by atoms with Crippen LogP contribution in [0.5, 0.6) is 0 Å². The molecule has 12 rings (SSSR count). The molecule has 12 aromatic rings. The van der Waals surface area contributed by atoms with Gasteiger partial charge in [-0.05, 0) is 132 Å². The third-order valence-corrected chi connectivity index (χ3v) is 14.3. The van der Waals surface area contributed by atoms with Crippen LogP contribution in [-0.4, -0.2) is 9.13 Å². The standard InChI is InChI=1S/C67H45N5/c1-41-5-13-48(14-6-41)52-21-25-57-58-26-22-53(49-15-7-42(2)8-16-49)35-62(58)71(61(57)34-52)65-32-47(40-70)33-66(67(65)56-30-45(38-68)29-46(31-56)39-69)72-63-36-54(50-17-9-43(3)10-18-50)23-27-59(63)60-28-24-55(37-64(60)72)51-19-11-44(4)12-20-51/h5-37H,1-4H3. The fourth-order valence-corrected chi connectivity index (χ4v) is 10.5. The maximum absolute atomic E-state index is 11.3. The average molecular weight is 920 g/mol. The molecule has 0 saturated heterocycles. The van der Waals surface area contributed by atoms with E-state index < -0.39 is 0 Å². The molecule has 0 fully saturated rings. The van der Waals surface area contributed by atoms with Crippen LogP contribution >= 0.6 is 0 Å². The molecule has 0 aliphatic carbocycles. The maximum atomic E-state index is 11.3. The smallest absolute Gasteiger partial charge is 0.0993 e. The molecule has 0 aliphatic rings. The van der Waals surface area contributed by atoms with E-state index in [1.165, 1.54) is 22.3 Å². The van der Waals surface area contributed by atoms with E-state index in [2.05, 4.69) is 225 Å². The third-order valence-electron chi connectivity index (χ3n) is 14.3. The normalized spacial score (nSPS) is 11.3. The Kier molecular flexibility index (Phi) is 10.5. The second-order valence-corrected chi connectivity index (χ2v) is 19.1.